The summed E-state index contributed by atoms with van der Waals surface area (Å²) in [6, 6.07) is 4.23. The molecule has 0 unspecified atom stereocenters. The van der Waals surface area contributed by atoms with Gasteiger partial charge >= 0.3 is 5.69 Å². The maximum absolute atomic E-state index is 15.2. The van der Waals surface area contributed by atoms with Crippen LogP contribution in [0.4, 0.5) is 17.1 Å². The second kappa shape index (κ2) is 12.3. The maximum atomic E-state index is 15.2. The molecule has 54 heavy (non-hydrogen) atoms. The number of Topliss-reactive ketones (excluding diaryl/α,β-unsaturated/α-hetero) is 1. The molecule has 290 valence electrons. The molecule has 2 aromatic rings. The van der Waals surface area contributed by atoms with Gasteiger partial charge in [0.15, 0.2) is 0 Å². The number of anilines is 1. The van der Waals surface area contributed by atoms with Crippen molar-refractivity contribution in [2.75, 3.05) is 31.1 Å². The van der Waals surface area contributed by atoms with E-state index in [1.807, 2.05) is 9.80 Å². The number of hydrogen-bond acceptors (Lipinski definition) is 8. The van der Waals surface area contributed by atoms with Crippen molar-refractivity contribution in [1.29, 1.82) is 0 Å². The number of amides is 1. The van der Waals surface area contributed by atoms with Crippen LogP contribution in [0.3, 0.4) is 0 Å². The summed E-state index contributed by atoms with van der Waals surface area (Å²) in [6.45, 7) is 20.4. The largest absolute Gasteiger partial charge is 0.361 e. The minimum Gasteiger partial charge on any atom is -0.361 e. The summed E-state index contributed by atoms with van der Waals surface area (Å²) >= 11 is 0. The van der Waals surface area contributed by atoms with Gasteiger partial charge in [0.25, 0.3) is 5.69 Å². The van der Waals surface area contributed by atoms with Crippen molar-refractivity contribution >= 4 is 39.7 Å². The van der Waals surface area contributed by atoms with Crippen LogP contribution in [0.25, 0.3) is 10.9 Å². The van der Waals surface area contributed by atoms with Gasteiger partial charge < -0.3 is 9.80 Å². The molecule has 11 nitrogen and oxygen atoms in total. The molecule has 9 atom stereocenters. The van der Waals surface area contributed by atoms with Crippen LogP contribution in [0.5, 0.6) is 0 Å². The maximum Gasteiger partial charge on any atom is 0.301 e. The number of non-ortho nitro benzene ring substituents is 1. The first-order valence-corrected chi connectivity index (χ1v) is 20.4. The first-order valence-electron chi connectivity index (χ1n) is 20.4. The van der Waals surface area contributed by atoms with Gasteiger partial charge in [0.2, 0.25) is 5.91 Å². The van der Waals surface area contributed by atoms with Gasteiger partial charge in [-0.15, -0.1) is 0 Å². The Morgan fingerprint density at radius 3 is 2.24 bits per heavy atom. The van der Waals surface area contributed by atoms with Crippen molar-refractivity contribution in [3.8, 4) is 0 Å². The van der Waals surface area contributed by atoms with Crippen LogP contribution in [0.2, 0.25) is 0 Å². The van der Waals surface area contributed by atoms with E-state index in [9.17, 15) is 25.0 Å². The first kappa shape index (κ1) is 37.1. The van der Waals surface area contributed by atoms with Gasteiger partial charge in [-0.3, -0.25) is 34.8 Å². The van der Waals surface area contributed by atoms with E-state index in [-0.39, 0.29) is 61.5 Å². The molecule has 1 saturated heterocycles. The smallest absolute Gasteiger partial charge is 0.301 e. The van der Waals surface area contributed by atoms with E-state index in [4.69, 9.17) is 0 Å². The molecule has 5 saturated carbocycles. The van der Waals surface area contributed by atoms with Crippen LogP contribution in [0, 0.1) is 76.9 Å². The zero-order valence-electron chi connectivity index (χ0n) is 33.0. The van der Waals surface area contributed by atoms with Crippen molar-refractivity contribution in [2.45, 2.75) is 106 Å². The van der Waals surface area contributed by atoms with E-state index in [2.05, 4.69) is 53.1 Å². The third-order valence-corrected chi connectivity index (χ3v) is 17.3. The molecule has 6 aliphatic rings. The first-order chi connectivity index (χ1) is 25.4. The Morgan fingerprint density at radius 1 is 0.870 bits per heavy atom. The predicted octanol–water partition coefficient (Wildman–Crippen LogP) is 8.93. The van der Waals surface area contributed by atoms with E-state index >= 15 is 4.79 Å². The minimum atomic E-state index is -0.598. The zero-order valence-corrected chi connectivity index (χ0v) is 33.0. The molecule has 0 spiro atoms. The molecule has 8 rings (SSSR count). The summed E-state index contributed by atoms with van der Waals surface area (Å²) in [7, 11) is 0. The lowest BCUT2D eigenvalue weighted by Gasteiger charge is -2.72. The molecule has 2 heterocycles. The van der Waals surface area contributed by atoms with E-state index in [1.54, 1.807) is 12.1 Å². The Morgan fingerprint density at radius 2 is 1.57 bits per heavy atom. The molecule has 11 heteroatoms. The monoisotopic (exact) mass is 739 g/mol. The quantitative estimate of drug-likeness (QED) is 0.168. The number of rotatable bonds is 5. The van der Waals surface area contributed by atoms with Crippen LogP contribution < -0.4 is 4.90 Å². The average molecular weight is 740 g/mol. The molecule has 1 aromatic carbocycles. The number of allylic oxidation sites excluding steroid dienone is 1. The van der Waals surface area contributed by atoms with Gasteiger partial charge in [0.1, 0.15) is 17.0 Å². The fourth-order valence-electron chi connectivity index (χ4n) is 14.6. The van der Waals surface area contributed by atoms with Gasteiger partial charge in [0.05, 0.1) is 26.7 Å². The highest BCUT2D eigenvalue weighted by Crippen LogP contribution is 2.77. The van der Waals surface area contributed by atoms with Crippen LogP contribution >= 0.6 is 0 Å². The number of pyridine rings is 1. The Balaban J connectivity index is 1.09. The Bertz CT molecular complexity index is 1970. The Labute approximate surface area is 318 Å². The van der Waals surface area contributed by atoms with Crippen molar-refractivity contribution in [3.63, 3.8) is 0 Å². The molecule has 1 amide bonds. The Hall–Kier alpha value is -3.89. The number of nitro benzene ring substituents is 2. The molecule has 1 aliphatic heterocycles. The van der Waals surface area contributed by atoms with Crippen molar-refractivity contribution in [2.24, 2.45) is 56.7 Å². The van der Waals surface area contributed by atoms with Crippen LogP contribution in [0.1, 0.15) is 106 Å². The minimum absolute atomic E-state index is 0.0730. The lowest BCUT2D eigenvalue weighted by atomic mass is 9.32. The van der Waals surface area contributed by atoms with Crippen LogP contribution in [0.15, 0.2) is 36.5 Å². The lowest BCUT2D eigenvalue weighted by Crippen LogP contribution is -2.67. The number of ketones is 1. The topological polar surface area (TPSA) is 140 Å². The number of fused-ring (bicyclic) bond motifs is 8. The van der Waals surface area contributed by atoms with E-state index in [1.165, 1.54) is 11.8 Å². The number of hydrogen-bond donors (Lipinski definition) is 0. The number of nitro groups is 2. The van der Waals surface area contributed by atoms with Crippen molar-refractivity contribution in [3.05, 3.63) is 56.8 Å². The summed E-state index contributed by atoms with van der Waals surface area (Å²) in [5.74, 6) is 2.53. The van der Waals surface area contributed by atoms with Crippen LogP contribution in [-0.4, -0.2) is 57.6 Å². The van der Waals surface area contributed by atoms with Gasteiger partial charge in [-0.05, 0) is 123 Å². The summed E-state index contributed by atoms with van der Waals surface area (Å²) < 4.78 is 0. The van der Waals surface area contributed by atoms with Crippen molar-refractivity contribution in [1.82, 2.24) is 9.88 Å². The highest BCUT2D eigenvalue weighted by Gasteiger charge is 2.72. The molecule has 0 bridgehead atoms. The number of carbonyl (C=O) groups is 2. The highest BCUT2D eigenvalue weighted by atomic mass is 16.6. The second-order valence-corrected chi connectivity index (χ2v) is 19.4. The summed E-state index contributed by atoms with van der Waals surface area (Å²) in [4.78, 5) is 59.7. The number of aromatic nitrogens is 1. The lowest BCUT2D eigenvalue weighted by molar-refractivity contribution is -0.392. The number of carbonyl (C=O) groups excluding carboxylic acids is 2. The van der Waals surface area contributed by atoms with E-state index < -0.39 is 15.3 Å². The van der Waals surface area contributed by atoms with Gasteiger partial charge in [-0.1, -0.05) is 46.8 Å². The number of piperazine rings is 1. The summed E-state index contributed by atoms with van der Waals surface area (Å²) in [5.41, 5.74) is 0.594. The summed E-state index contributed by atoms with van der Waals surface area (Å²) in [5, 5.41) is 24.4. The number of nitrogens with zero attached hydrogens (tertiary/aromatic N) is 5. The molecule has 0 N–H and O–H groups in total. The summed E-state index contributed by atoms with van der Waals surface area (Å²) in [6.07, 6.45) is 11.4. The SMILES string of the molecule is C=C(C)[C@@H]1CC[C@]2(C(=O)N3CCN(c4c([N+](=O)[O-])cc([N+](=O)[O-])c5cccnc45)CC3)CC[C@]3(C)[C@H](CC[C@@H]4[C@@]5(C)CCC(=O)C(C)(C)[C@@H]5CC[C@]43C)[C@@H]12. The van der Waals surface area contributed by atoms with E-state index in [0.717, 1.165) is 63.9 Å². The fourth-order valence-corrected chi connectivity index (χ4v) is 14.6. The molecular formula is C43H57N5O6. The van der Waals surface area contributed by atoms with Crippen LogP contribution in [-0.2, 0) is 9.59 Å². The molecule has 1 aromatic heterocycles. The molecule has 6 fully saturated rings. The molecule has 5 aliphatic carbocycles. The van der Waals surface area contributed by atoms with Gasteiger partial charge in [0, 0.05) is 44.2 Å². The highest BCUT2D eigenvalue weighted by molar-refractivity contribution is 6.01. The average Bonchev–Trinajstić information content (AvgIpc) is 3.54. The van der Waals surface area contributed by atoms with E-state index in [0.29, 0.717) is 62.1 Å². The molecule has 0 radical (unpaired) electrons. The predicted molar refractivity (Wildman–Crippen MR) is 208 cm³/mol. The van der Waals surface area contributed by atoms with Gasteiger partial charge in [-0.25, -0.2) is 0 Å². The third-order valence-electron chi connectivity index (χ3n) is 17.3. The molecular weight excluding hydrogens is 683 g/mol. The normalized spacial score (nSPS) is 38.6. The second-order valence-electron chi connectivity index (χ2n) is 19.4. The number of benzene rings is 1. The van der Waals surface area contributed by atoms with Crippen molar-refractivity contribution < 1.29 is 19.4 Å². The zero-order chi connectivity index (χ0) is 38.7. The third kappa shape index (κ3) is 4.87. The Kier molecular flexibility index (Phi) is 8.44. The standard InChI is InChI=1S/C43H57N5O6/c1-26(2)27-12-17-43(38(50)46-23-21-45(22-24-46)37-31(48(53)54)25-30(47(51)52)28-9-8-20-44-36(28)37)19-18-41(6)29(35(27)43)10-11-33-40(5)15-14-34(49)39(3,4)32(40)13-16-42(33,41)7/h8-9,20,25,27,29,32-33,35H,1,10-19,21-24H2,2-7H3/t27-,29+,32-,33+,35+,40-,41+,42+,43-/m0/s1. The van der Waals surface area contributed by atoms with Gasteiger partial charge in [-0.2, -0.15) is 0 Å². The fraction of sp³-hybridized carbons (Fsp3) is 0.698.